The molecule has 0 aromatic rings. The maximum absolute atomic E-state index is 4.69. The summed E-state index contributed by atoms with van der Waals surface area (Å²) in [5.41, 5.74) is 0.0668. The van der Waals surface area contributed by atoms with E-state index < -0.39 is 0 Å². The van der Waals surface area contributed by atoms with Crippen LogP contribution in [0.15, 0.2) is 4.99 Å². The predicted octanol–water partition coefficient (Wildman–Crippen LogP) is 2.64. The highest BCUT2D eigenvalue weighted by Crippen LogP contribution is 2.19. The second-order valence-electron chi connectivity index (χ2n) is 6.22. The van der Waals surface area contributed by atoms with Gasteiger partial charge in [0, 0.05) is 23.4 Å². The third-order valence-corrected chi connectivity index (χ3v) is 4.66. The van der Waals surface area contributed by atoms with Gasteiger partial charge >= 0.3 is 0 Å². The monoisotopic (exact) mass is 416 g/mol. The van der Waals surface area contributed by atoms with Gasteiger partial charge in [-0.15, -0.1) is 24.0 Å². The van der Waals surface area contributed by atoms with E-state index in [9.17, 15) is 0 Å². The fraction of sp³-hybridized carbons (Fsp3) is 0.929. The second-order valence-corrected chi connectivity index (χ2v) is 7.73. The first-order valence-electron chi connectivity index (χ1n) is 6.89. The van der Waals surface area contributed by atoms with Crippen molar-refractivity contribution in [1.29, 1.82) is 0 Å². The van der Waals surface area contributed by atoms with Crippen molar-refractivity contribution >= 4 is 41.7 Å². The lowest BCUT2D eigenvalue weighted by atomic mass is 10.1. The molecule has 2 N–H and O–H groups in total. The van der Waals surface area contributed by atoms with E-state index in [1.807, 2.05) is 11.8 Å². The predicted molar refractivity (Wildman–Crippen MR) is 105 cm³/mol. The van der Waals surface area contributed by atoms with Crippen LogP contribution in [0.4, 0.5) is 0 Å². The van der Waals surface area contributed by atoms with Crippen molar-refractivity contribution in [3.05, 3.63) is 0 Å². The molecule has 0 amide bonds. The van der Waals surface area contributed by atoms with Crippen molar-refractivity contribution in [2.45, 2.75) is 44.9 Å². The minimum atomic E-state index is 0. The Morgan fingerprint density at radius 1 is 1.15 bits per heavy atom. The molecule has 122 valence electrons. The van der Waals surface area contributed by atoms with Gasteiger partial charge in [-0.2, -0.15) is 11.8 Å². The smallest absolute Gasteiger partial charge is 0.191 e. The van der Waals surface area contributed by atoms with Crippen molar-refractivity contribution in [1.82, 2.24) is 15.5 Å². The summed E-state index contributed by atoms with van der Waals surface area (Å²) < 4.78 is 0.216. The molecule has 0 spiro atoms. The number of likely N-dealkylation sites (N-methyl/N-ethyl adjacent to an activating group) is 1. The van der Waals surface area contributed by atoms with Crippen LogP contribution in [0.5, 0.6) is 0 Å². The molecule has 0 aromatic heterocycles. The van der Waals surface area contributed by atoms with Gasteiger partial charge in [0.05, 0.1) is 6.54 Å². The van der Waals surface area contributed by atoms with Gasteiger partial charge in [0.15, 0.2) is 5.96 Å². The van der Waals surface area contributed by atoms with Gasteiger partial charge < -0.3 is 15.5 Å². The average Bonchev–Trinajstić information content (AvgIpc) is 2.32. The van der Waals surface area contributed by atoms with Gasteiger partial charge in [0.2, 0.25) is 0 Å². The third-order valence-electron chi connectivity index (χ3n) is 3.41. The highest BCUT2D eigenvalue weighted by atomic mass is 127. The standard InChI is InChI=1S/C14H32N4S.HI/c1-9-15-12(17-11-14(4,5)19-8)16-10-13(2,3)18(6)7;/h9-11H2,1-8H3,(H2,15,16,17);1H. The van der Waals surface area contributed by atoms with Crippen LogP contribution in [0, 0.1) is 0 Å². The molecule has 0 aliphatic carbocycles. The second kappa shape index (κ2) is 10.1. The molecule has 0 aliphatic rings. The highest BCUT2D eigenvalue weighted by Gasteiger charge is 2.20. The zero-order valence-corrected chi connectivity index (χ0v) is 17.5. The fourth-order valence-corrected chi connectivity index (χ4v) is 1.34. The molecule has 0 fully saturated rings. The molecular weight excluding hydrogens is 383 g/mol. The van der Waals surface area contributed by atoms with Crippen LogP contribution in [0.25, 0.3) is 0 Å². The molecule has 0 saturated carbocycles. The first-order valence-corrected chi connectivity index (χ1v) is 8.12. The average molecular weight is 416 g/mol. The Labute approximate surface area is 147 Å². The Kier molecular flexibility index (Phi) is 11.4. The molecule has 20 heavy (non-hydrogen) atoms. The molecule has 0 saturated heterocycles. The van der Waals surface area contributed by atoms with Crippen molar-refractivity contribution in [3.8, 4) is 0 Å². The zero-order valence-electron chi connectivity index (χ0n) is 14.3. The number of hydrogen-bond donors (Lipinski definition) is 2. The number of guanidine groups is 1. The summed E-state index contributed by atoms with van der Waals surface area (Å²) in [4.78, 5) is 6.89. The molecule has 4 nitrogen and oxygen atoms in total. The molecule has 0 aliphatic heterocycles. The molecule has 6 heteroatoms. The lowest BCUT2D eigenvalue weighted by Gasteiger charge is -2.31. The van der Waals surface area contributed by atoms with E-state index in [0.717, 1.165) is 25.6 Å². The van der Waals surface area contributed by atoms with Crippen molar-refractivity contribution in [2.24, 2.45) is 4.99 Å². The summed E-state index contributed by atoms with van der Waals surface area (Å²) in [7, 11) is 4.18. The van der Waals surface area contributed by atoms with E-state index in [1.54, 1.807) is 0 Å². The van der Waals surface area contributed by atoms with E-state index in [-0.39, 0.29) is 34.3 Å². The Hall–Kier alpha value is 0.310. The lowest BCUT2D eigenvalue weighted by Crippen LogP contribution is -2.46. The zero-order chi connectivity index (χ0) is 15.1. The number of aliphatic imine (C=N–C) groups is 1. The van der Waals surface area contributed by atoms with Crippen LogP contribution in [0.1, 0.15) is 34.6 Å². The van der Waals surface area contributed by atoms with Crippen LogP contribution in [-0.2, 0) is 0 Å². The Morgan fingerprint density at radius 2 is 1.70 bits per heavy atom. The minimum Gasteiger partial charge on any atom is -0.357 e. The maximum Gasteiger partial charge on any atom is 0.191 e. The van der Waals surface area contributed by atoms with Crippen LogP contribution >= 0.6 is 35.7 Å². The quantitative estimate of drug-likeness (QED) is 0.380. The Bertz CT molecular complexity index is 291. The normalized spacial score (nSPS) is 13.2. The molecule has 0 rings (SSSR count). The van der Waals surface area contributed by atoms with Crippen molar-refractivity contribution in [2.75, 3.05) is 40.0 Å². The van der Waals surface area contributed by atoms with Gasteiger partial charge in [-0.3, -0.25) is 4.99 Å². The van der Waals surface area contributed by atoms with E-state index in [2.05, 4.69) is 75.5 Å². The summed E-state index contributed by atoms with van der Waals surface area (Å²) in [6, 6.07) is 0. The maximum atomic E-state index is 4.69. The largest absolute Gasteiger partial charge is 0.357 e. The fourth-order valence-electron chi connectivity index (χ4n) is 1.12. The molecule has 0 unspecified atom stereocenters. The summed E-state index contributed by atoms with van der Waals surface area (Å²) in [5.74, 6) is 0.902. The molecular formula is C14H33IN4S. The van der Waals surface area contributed by atoms with Crippen molar-refractivity contribution in [3.63, 3.8) is 0 Å². The first kappa shape index (κ1) is 22.6. The minimum absolute atomic E-state index is 0. The van der Waals surface area contributed by atoms with Crippen LogP contribution in [0.3, 0.4) is 0 Å². The van der Waals surface area contributed by atoms with E-state index in [1.165, 1.54) is 0 Å². The topological polar surface area (TPSA) is 39.7 Å². The Morgan fingerprint density at radius 3 is 2.10 bits per heavy atom. The van der Waals surface area contributed by atoms with E-state index in [4.69, 9.17) is 0 Å². The Balaban J connectivity index is 0. The molecule has 0 bridgehead atoms. The molecule has 0 heterocycles. The highest BCUT2D eigenvalue weighted by molar-refractivity contribution is 14.0. The number of halogens is 1. The summed E-state index contributed by atoms with van der Waals surface area (Å²) in [6.45, 7) is 13.5. The van der Waals surface area contributed by atoms with Crippen molar-refractivity contribution < 1.29 is 0 Å². The van der Waals surface area contributed by atoms with Gasteiger partial charge in [-0.25, -0.2) is 0 Å². The number of hydrogen-bond acceptors (Lipinski definition) is 3. The third kappa shape index (κ3) is 9.28. The number of nitrogens with one attached hydrogen (secondary N) is 2. The van der Waals surface area contributed by atoms with E-state index >= 15 is 0 Å². The summed E-state index contributed by atoms with van der Waals surface area (Å²) in [5, 5.41) is 6.72. The van der Waals surface area contributed by atoms with Crippen LogP contribution < -0.4 is 10.6 Å². The molecule has 0 radical (unpaired) electrons. The number of rotatable bonds is 7. The van der Waals surface area contributed by atoms with Gasteiger partial charge in [0.25, 0.3) is 0 Å². The van der Waals surface area contributed by atoms with Crippen LogP contribution in [0.2, 0.25) is 0 Å². The number of thioether (sulfide) groups is 1. The summed E-state index contributed by atoms with van der Waals surface area (Å²) in [6.07, 6.45) is 2.14. The molecule has 0 atom stereocenters. The van der Waals surface area contributed by atoms with Gasteiger partial charge in [-0.05, 0) is 55.0 Å². The molecule has 0 aromatic carbocycles. The van der Waals surface area contributed by atoms with Gasteiger partial charge in [-0.1, -0.05) is 0 Å². The SMILES string of the molecule is CCNC(=NCC(C)(C)N(C)C)NCC(C)(C)SC.I. The van der Waals surface area contributed by atoms with Gasteiger partial charge in [0.1, 0.15) is 0 Å². The first-order chi connectivity index (χ1) is 8.64. The summed E-state index contributed by atoms with van der Waals surface area (Å²) >= 11 is 1.86. The number of nitrogens with zero attached hydrogens (tertiary/aromatic N) is 2. The lowest BCUT2D eigenvalue weighted by molar-refractivity contribution is 0.204. The van der Waals surface area contributed by atoms with E-state index in [0.29, 0.717) is 0 Å². The van der Waals surface area contributed by atoms with Crippen LogP contribution in [-0.4, -0.2) is 61.1 Å².